The Morgan fingerprint density at radius 1 is 0.258 bits per heavy atom. The molecule has 11 aromatic carbocycles. The zero-order valence-corrected chi connectivity index (χ0v) is 36.1. The Hall–Kier alpha value is -8.52. The quantitative estimate of drug-likeness (QED) is 0.171. The van der Waals surface area contributed by atoms with Crippen LogP contribution in [0.25, 0.3) is 88.7 Å². The number of hydrogen-bond acceptors (Lipinski definition) is 1. The minimum atomic E-state index is -0.457. The summed E-state index contributed by atoms with van der Waals surface area (Å²) in [5.74, 6) is 0. The highest BCUT2D eigenvalue weighted by Crippen LogP contribution is 2.65. The standard InChI is InChI=1S/C65H41N/c1-2-19-46-42(17-1)18-15-29-47(46)43-35-37-44(38-36-43)66(45-39-40-54-52-24-6-5-22-50(52)48-20-3-4-21-49(48)51-23-7-8-25-53(51)58(54)41-45)63-34-16-33-62-64(63)57-28-11-14-32-61(57)65(62)59-30-12-9-26-55(59)56-27-10-13-31-60(56)65/h1-41H. The van der Waals surface area contributed by atoms with E-state index < -0.39 is 5.41 Å². The third-order valence-corrected chi connectivity index (χ3v) is 14.7. The summed E-state index contributed by atoms with van der Waals surface area (Å²) in [6, 6.07) is 92.8. The first-order valence-corrected chi connectivity index (χ1v) is 23.0. The molecule has 3 aliphatic carbocycles. The van der Waals surface area contributed by atoms with Crippen LogP contribution < -0.4 is 4.90 Å². The second kappa shape index (κ2) is 14.2. The minimum absolute atomic E-state index is 0.457. The lowest BCUT2D eigenvalue weighted by molar-refractivity contribution is 0.794. The van der Waals surface area contributed by atoms with Crippen molar-refractivity contribution in [3.05, 3.63) is 271 Å². The number of fused-ring (bicyclic) bond motifs is 19. The Kier molecular flexibility index (Phi) is 7.97. The Morgan fingerprint density at radius 2 is 0.667 bits per heavy atom. The van der Waals surface area contributed by atoms with Crippen molar-refractivity contribution in [1.82, 2.24) is 0 Å². The second-order valence-electron chi connectivity index (χ2n) is 17.9. The first kappa shape index (κ1) is 36.9. The SMILES string of the molecule is c1ccc2c(c1)-c1ccccc1-c1ccc(N(c3ccc(-c4cccc5ccccc45)cc3)c3cccc4c3-c3ccccc3C43c4ccccc4-c4ccccc43)cc1-c1ccccc1-2. The third kappa shape index (κ3) is 5.11. The van der Waals surface area contributed by atoms with E-state index in [4.69, 9.17) is 0 Å². The monoisotopic (exact) mass is 835 g/mol. The topological polar surface area (TPSA) is 3.24 Å². The molecule has 0 aliphatic heterocycles. The van der Waals surface area contributed by atoms with Crippen molar-refractivity contribution in [2.75, 3.05) is 4.90 Å². The molecular formula is C65H41N. The summed E-state index contributed by atoms with van der Waals surface area (Å²) in [4.78, 5) is 2.52. The molecule has 1 heteroatoms. The molecule has 306 valence electrons. The largest absolute Gasteiger partial charge is 0.310 e. The van der Waals surface area contributed by atoms with Gasteiger partial charge in [-0.1, -0.05) is 218 Å². The number of hydrogen-bond donors (Lipinski definition) is 0. The molecule has 0 fully saturated rings. The van der Waals surface area contributed by atoms with Gasteiger partial charge >= 0.3 is 0 Å². The Balaban J connectivity index is 1.04. The summed E-state index contributed by atoms with van der Waals surface area (Å²) in [5, 5.41) is 2.50. The summed E-state index contributed by atoms with van der Waals surface area (Å²) >= 11 is 0. The number of rotatable bonds is 4. The average molecular weight is 836 g/mol. The molecule has 0 unspecified atom stereocenters. The van der Waals surface area contributed by atoms with E-state index in [0.717, 1.165) is 17.1 Å². The van der Waals surface area contributed by atoms with Crippen molar-refractivity contribution in [3.8, 4) is 77.9 Å². The highest BCUT2D eigenvalue weighted by molar-refractivity contribution is 6.06. The first-order valence-electron chi connectivity index (χ1n) is 23.0. The van der Waals surface area contributed by atoms with Crippen molar-refractivity contribution in [2.45, 2.75) is 5.41 Å². The Morgan fingerprint density at radius 3 is 1.27 bits per heavy atom. The van der Waals surface area contributed by atoms with Crippen molar-refractivity contribution in [1.29, 1.82) is 0 Å². The van der Waals surface area contributed by atoms with Gasteiger partial charge in [0.05, 0.1) is 11.1 Å². The van der Waals surface area contributed by atoms with Gasteiger partial charge in [-0.25, -0.2) is 0 Å². The molecule has 0 atom stereocenters. The van der Waals surface area contributed by atoms with Crippen LogP contribution in [0.3, 0.4) is 0 Å². The molecule has 66 heavy (non-hydrogen) atoms. The van der Waals surface area contributed by atoms with Crippen LogP contribution in [-0.4, -0.2) is 0 Å². The minimum Gasteiger partial charge on any atom is -0.310 e. The van der Waals surface area contributed by atoms with Gasteiger partial charge in [-0.15, -0.1) is 0 Å². The van der Waals surface area contributed by atoms with Gasteiger partial charge in [-0.2, -0.15) is 0 Å². The maximum Gasteiger partial charge on any atom is 0.0726 e. The molecule has 0 saturated heterocycles. The van der Waals surface area contributed by atoms with Crippen molar-refractivity contribution in [2.24, 2.45) is 0 Å². The zero-order valence-electron chi connectivity index (χ0n) is 36.1. The highest BCUT2D eigenvalue weighted by atomic mass is 15.1. The lowest BCUT2D eigenvalue weighted by atomic mass is 9.70. The van der Waals surface area contributed by atoms with E-state index in [1.807, 2.05) is 0 Å². The highest BCUT2D eigenvalue weighted by Gasteiger charge is 2.52. The van der Waals surface area contributed by atoms with E-state index in [-0.39, 0.29) is 0 Å². The van der Waals surface area contributed by atoms with E-state index in [0.29, 0.717) is 0 Å². The van der Waals surface area contributed by atoms with E-state index in [1.165, 1.54) is 111 Å². The van der Waals surface area contributed by atoms with Crippen LogP contribution in [0.4, 0.5) is 17.1 Å². The van der Waals surface area contributed by atoms with E-state index in [1.54, 1.807) is 0 Å². The van der Waals surface area contributed by atoms with Crippen molar-refractivity contribution >= 4 is 27.8 Å². The summed E-state index contributed by atoms with van der Waals surface area (Å²) < 4.78 is 0. The maximum absolute atomic E-state index is 2.52. The molecule has 11 aromatic rings. The Labute approximate surface area is 385 Å². The summed E-state index contributed by atoms with van der Waals surface area (Å²) in [5.41, 5.74) is 25.7. The number of anilines is 3. The van der Waals surface area contributed by atoms with E-state index in [2.05, 4.69) is 254 Å². The van der Waals surface area contributed by atoms with Gasteiger partial charge in [0, 0.05) is 16.9 Å². The molecule has 0 heterocycles. The number of benzene rings is 11. The first-order chi connectivity index (χ1) is 32.8. The molecule has 0 aromatic heterocycles. The fourth-order valence-corrected chi connectivity index (χ4v) is 12.0. The van der Waals surface area contributed by atoms with Gasteiger partial charge in [0.25, 0.3) is 0 Å². The molecule has 1 spiro atoms. The average Bonchev–Trinajstić information content (AvgIpc) is 3.86. The maximum atomic E-state index is 2.52. The molecule has 0 N–H and O–H groups in total. The van der Waals surface area contributed by atoms with Crippen LogP contribution in [0.15, 0.2) is 249 Å². The van der Waals surface area contributed by atoms with E-state index >= 15 is 0 Å². The summed E-state index contributed by atoms with van der Waals surface area (Å²) in [7, 11) is 0. The van der Waals surface area contributed by atoms with Gasteiger partial charge in [0.15, 0.2) is 0 Å². The zero-order chi connectivity index (χ0) is 43.3. The molecular weight excluding hydrogens is 795 g/mol. The van der Waals surface area contributed by atoms with Crippen LogP contribution in [0.2, 0.25) is 0 Å². The van der Waals surface area contributed by atoms with Crippen LogP contribution in [0.5, 0.6) is 0 Å². The smallest absolute Gasteiger partial charge is 0.0726 e. The summed E-state index contributed by atoms with van der Waals surface area (Å²) in [6.07, 6.45) is 0. The molecule has 0 saturated carbocycles. The van der Waals surface area contributed by atoms with Crippen molar-refractivity contribution in [3.63, 3.8) is 0 Å². The Bertz CT molecular complexity index is 3720. The van der Waals surface area contributed by atoms with Crippen LogP contribution >= 0.6 is 0 Å². The molecule has 0 radical (unpaired) electrons. The lowest BCUT2D eigenvalue weighted by Gasteiger charge is -2.32. The van der Waals surface area contributed by atoms with Crippen LogP contribution in [-0.2, 0) is 5.41 Å². The molecule has 1 nitrogen and oxygen atoms in total. The van der Waals surface area contributed by atoms with Crippen LogP contribution in [0, 0.1) is 0 Å². The normalized spacial score (nSPS) is 13.0. The predicted octanol–water partition coefficient (Wildman–Crippen LogP) is 17.3. The molecule has 0 amide bonds. The fourth-order valence-electron chi connectivity index (χ4n) is 12.0. The van der Waals surface area contributed by atoms with Gasteiger partial charge < -0.3 is 4.90 Å². The third-order valence-electron chi connectivity index (χ3n) is 14.7. The van der Waals surface area contributed by atoms with Gasteiger partial charge in [0.2, 0.25) is 0 Å². The molecule has 3 aliphatic rings. The van der Waals surface area contributed by atoms with Crippen molar-refractivity contribution < 1.29 is 0 Å². The molecule has 14 rings (SSSR count). The lowest BCUT2D eigenvalue weighted by Crippen LogP contribution is -2.26. The predicted molar refractivity (Wildman–Crippen MR) is 276 cm³/mol. The summed E-state index contributed by atoms with van der Waals surface area (Å²) in [6.45, 7) is 0. The van der Waals surface area contributed by atoms with Gasteiger partial charge in [-0.3, -0.25) is 0 Å². The van der Waals surface area contributed by atoms with Gasteiger partial charge in [0.1, 0.15) is 0 Å². The molecule has 0 bridgehead atoms. The van der Waals surface area contributed by atoms with Crippen LogP contribution in [0.1, 0.15) is 22.3 Å². The number of nitrogens with zero attached hydrogens (tertiary/aromatic N) is 1. The van der Waals surface area contributed by atoms with E-state index in [9.17, 15) is 0 Å². The second-order valence-corrected chi connectivity index (χ2v) is 17.9. The fraction of sp³-hybridized carbons (Fsp3) is 0.0154. The van der Waals surface area contributed by atoms with Gasteiger partial charge in [-0.05, 0) is 136 Å².